The van der Waals surface area contributed by atoms with Gasteiger partial charge in [-0.1, -0.05) is 0 Å². The summed E-state index contributed by atoms with van der Waals surface area (Å²) < 4.78 is 29.0. The Hall–Kier alpha value is -1.62. The van der Waals surface area contributed by atoms with Crippen LogP contribution in [0.15, 0.2) is 12.7 Å². The Morgan fingerprint density at radius 3 is 2.73 bits per heavy atom. The van der Waals surface area contributed by atoms with Crippen LogP contribution < -0.4 is 4.90 Å². The Labute approximate surface area is 150 Å². The number of ether oxygens (including phenoxy) is 2. The molecule has 3 heterocycles. The molecular formula is C14H22N5O6P. The van der Waals surface area contributed by atoms with Crippen molar-refractivity contribution >= 4 is 24.6 Å². The Morgan fingerprint density at radius 1 is 1.38 bits per heavy atom. The minimum absolute atomic E-state index is 0.194. The van der Waals surface area contributed by atoms with Crippen molar-refractivity contribution in [2.24, 2.45) is 0 Å². The number of aliphatic hydroxyl groups is 1. The van der Waals surface area contributed by atoms with Gasteiger partial charge in [-0.3, -0.25) is 9.13 Å². The summed E-state index contributed by atoms with van der Waals surface area (Å²) in [5, 5.41) is 10.6. The highest BCUT2D eigenvalue weighted by atomic mass is 31.2. The van der Waals surface area contributed by atoms with Crippen molar-refractivity contribution in [3.8, 4) is 0 Å². The molecule has 11 nitrogen and oxygen atoms in total. The van der Waals surface area contributed by atoms with E-state index in [4.69, 9.17) is 14.0 Å². The van der Waals surface area contributed by atoms with E-state index in [0.717, 1.165) is 6.66 Å². The second-order valence-electron chi connectivity index (χ2n) is 6.27. The first-order valence-electron chi connectivity index (χ1n) is 7.89. The molecule has 0 aliphatic carbocycles. The maximum Gasteiger partial charge on any atom is 0.325 e. The molecule has 26 heavy (non-hydrogen) atoms. The highest BCUT2D eigenvalue weighted by Crippen LogP contribution is 2.40. The molecule has 5 atom stereocenters. The number of hydrogen-bond donors (Lipinski definition) is 2. The zero-order valence-corrected chi connectivity index (χ0v) is 15.8. The maximum atomic E-state index is 11.4. The molecule has 12 heteroatoms. The third-order valence-corrected chi connectivity index (χ3v) is 4.73. The molecule has 1 fully saturated rings. The van der Waals surface area contributed by atoms with Crippen LogP contribution in [0.5, 0.6) is 0 Å². The van der Waals surface area contributed by atoms with Crippen LogP contribution in [0.2, 0.25) is 0 Å². The molecule has 1 unspecified atom stereocenters. The van der Waals surface area contributed by atoms with Crippen LogP contribution in [-0.4, -0.2) is 82.3 Å². The summed E-state index contributed by atoms with van der Waals surface area (Å²) in [7, 11) is 1.43. The Kier molecular flexibility index (Phi) is 5.29. The molecule has 1 aliphatic rings. The van der Waals surface area contributed by atoms with Crippen molar-refractivity contribution in [1.82, 2.24) is 19.5 Å². The van der Waals surface area contributed by atoms with Crippen molar-refractivity contribution in [2.75, 3.05) is 39.4 Å². The van der Waals surface area contributed by atoms with E-state index in [9.17, 15) is 14.6 Å². The predicted octanol–water partition coefficient (Wildman–Crippen LogP) is -0.00260. The number of fused-ring (bicyclic) bond motifs is 1. The van der Waals surface area contributed by atoms with Gasteiger partial charge in [-0.15, -0.1) is 0 Å². The van der Waals surface area contributed by atoms with Crippen LogP contribution in [0.25, 0.3) is 11.2 Å². The van der Waals surface area contributed by atoms with Crippen molar-refractivity contribution in [3.63, 3.8) is 0 Å². The first-order valence-corrected chi connectivity index (χ1v) is 9.91. The first kappa shape index (κ1) is 19.2. The molecule has 0 radical (unpaired) electrons. The van der Waals surface area contributed by atoms with Gasteiger partial charge in [0.2, 0.25) is 0 Å². The number of nitrogens with zero attached hydrogens (tertiary/aromatic N) is 5. The molecule has 144 valence electrons. The first-order chi connectivity index (χ1) is 12.2. The molecule has 0 saturated carbocycles. The molecule has 0 amide bonds. The van der Waals surface area contributed by atoms with Crippen LogP contribution in [0.4, 0.5) is 5.82 Å². The smallest absolute Gasteiger partial charge is 0.325 e. The zero-order chi connectivity index (χ0) is 19.1. The molecule has 1 aliphatic heterocycles. The Morgan fingerprint density at radius 2 is 2.12 bits per heavy atom. The largest absolute Gasteiger partial charge is 0.386 e. The molecule has 0 aromatic carbocycles. The Balaban J connectivity index is 1.91. The molecule has 3 rings (SSSR count). The Bertz CT molecular complexity index is 823. The van der Waals surface area contributed by atoms with E-state index in [1.807, 2.05) is 19.0 Å². The van der Waals surface area contributed by atoms with Crippen LogP contribution in [0, 0.1) is 0 Å². The lowest BCUT2D eigenvalue weighted by atomic mass is 10.1. The number of aromatic nitrogens is 4. The number of imidazole rings is 1. The van der Waals surface area contributed by atoms with Crippen LogP contribution in [0.1, 0.15) is 6.23 Å². The van der Waals surface area contributed by atoms with E-state index in [2.05, 4.69) is 15.0 Å². The zero-order valence-electron chi connectivity index (χ0n) is 14.9. The molecule has 2 N–H and O–H groups in total. The summed E-state index contributed by atoms with van der Waals surface area (Å²) in [6.45, 7) is 0.891. The molecule has 0 spiro atoms. The summed E-state index contributed by atoms with van der Waals surface area (Å²) in [4.78, 5) is 23.9. The molecule has 2 aromatic heterocycles. The quantitative estimate of drug-likeness (QED) is 0.653. The van der Waals surface area contributed by atoms with Crippen molar-refractivity contribution < 1.29 is 28.6 Å². The topological polar surface area (TPSA) is 132 Å². The van der Waals surface area contributed by atoms with Crippen LogP contribution >= 0.6 is 7.60 Å². The van der Waals surface area contributed by atoms with Gasteiger partial charge in [0.25, 0.3) is 0 Å². The van der Waals surface area contributed by atoms with Crippen LogP contribution in [0.3, 0.4) is 0 Å². The summed E-state index contributed by atoms with van der Waals surface area (Å²) in [5.74, 6) is 0.636. The third kappa shape index (κ3) is 3.59. The summed E-state index contributed by atoms with van der Waals surface area (Å²) in [5.41, 5.74) is 1.06. The number of rotatable bonds is 6. The fourth-order valence-corrected chi connectivity index (χ4v) is 3.36. The lowest BCUT2D eigenvalue weighted by Gasteiger charge is -2.19. The van der Waals surface area contributed by atoms with Gasteiger partial charge in [-0.2, -0.15) is 0 Å². The number of anilines is 1. The van der Waals surface area contributed by atoms with Gasteiger partial charge < -0.3 is 28.9 Å². The number of methoxy groups -OCH3 is 1. The van der Waals surface area contributed by atoms with Gasteiger partial charge in [0.15, 0.2) is 23.2 Å². The van der Waals surface area contributed by atoms with E-state index < -0.39 is 32.1 Å². The monoisotopic (exact) mass is 387 g/mol. The fourth-order valence-electron chi connectivity index (χ4n) is 2.94. The summed E-state index contributed by atoms with van der Waals surface area (Å²) in [6, 6.07) is 0. The SMILES string of the molecule is CO[C@H]1[C@@H](O)[C@H](n2cnc3c(N(C)C)ncnc32)O[C@@H]1COP(C)(=O)O. The van der Waals surface area contributed by atoms with Crippen molar-refractivity contribution in [3.05, 3.63) is 12.7 Å². The van der Waals surface area contributed by atoms with Gasteiger partial charge in [-0.05, 0) is 0 Å². The van der Waals surface area contributed by atoms with Crippen molar-refractivity contribution in [1.29, 1.82) is 0 Å². The van der Waals surface area contributed by atoms with Gasteiger partial charge in [0.1, 0.15) is 24.6 Å². The fraction of sp³-hybridized carbons (Fsp3) is 0.643. The van der Waals surface area contributed by atoms with E-state index in [-0.39, 0.29) is 6.61 Å². The van der Waals surface area contributed by atoms with E-state index in [0.29, 0.717) is 17.0 Å². The number of aliphatic hydroxyl groups excluding tert-OH is 1. The molecule has 0 bridgehead atoms. The van der Waals surface area contributed by atoms with E-state index in [1.165, 1.54) is 19.8 Å². The molecule has 2 aromatic rings. The van der Waals surface area contributed by atoms with Gasteiger partial charge in [0.05, 0.1) is 12.9 Å². The second-order valence-corrected chi connectivity index (χ2v) is 8.13. The minimum atomic E-state index is -3.67. The van der Waals surface area contributed by atoms with E-state index in [1.54, 1.807) is 4.57 Å². The highest BCUT2D eigenvalue weighted by molar-refractivity contribution is 7.51. The predicted molar refractivity (Wildman–Crippen MR) is 92.1 cm³/mol. The summed E-state index contributed by atoms with van der Waals surface area (Å²) >= 11 is 0. The number of hydrogen-bond acceptors (Lipinski definition) is 9. The lowest BCUT2D eigenvalue weighted by molar-refractivity contribution is -0.0503. The molecular weight excluding hydrogens is 365 g/mol. The van der Waals surface area contributed by atoms with Crippen LogP contribution in [-0.2, 0) is 18.6 Å². The summed E-state index contributed by atoms with van der Waals surface area (Å²) in [6.07, 6.45) is -0.429. The highest BCUT2D eigenvalue weighted by Gasteiger charge is 2.46. The average Bonchev–Trinajstić information content (AvgIpc) is 3.12. The van der Waals surface area contributed by atoms with Gasteiger partial charge in [-0.25, -0.2) is 15.0 Å². The minimum Gasteiger partial charge on any atom is -0.386 e. The van der Waals surface area contributed by atoms with Crippen molar-refractivity contribution in [2.45, 2.75) is 24.5 Å². The lowest BCUT2D eigenvalue weighted by Crippen LogP contribution is -2.35. The van der Waals surface area contributed by atoms with E-state index >= 15 is 0 Å². The maximum absolute atomic E-state index is 11.4. The normalized spacial score (nSPS) is 28.4. The standard InChI is InChI=1S/C14H22N5O6P/c1-18(2)12-9-13(16-6-15-12)19(7-17-9)14-10(20)11(23-3)8(25-14)5-24-26(4,21)22/h6-8,10-11,14,20H,5H2,1-4H3,(H,21,22)/t8-,10-,11-,14-/m1/s1. The second kappa shape index (κ2) is 7.18. The van der Waals surface area contributed by atoms with Gasteiger partial charge >= 0.3 is 7.60 Å². The average molecular weight is 387 g/mol. The third-order valence-electron chi connectivity index (χ3n) is 4.10. The van der Waals surface area contributed by atoms with Gasteiger partial charge in [0, 0.05) is 27.9 Å². The molecule has 1 saturated heterocycles.